The summed E-state index contributed by atoms with van der Waals surface area (Å²) in [5.74, 6) is -2.32. The fourth-order valence-corrected chi connectivity index (χ4v) is 2.38. The predicted octanol–water partition coefficient (Wildman–Crippen LogP) is 1.33. The normalized spacial score (nSPS) is 27.4. The number of ether oxygens (including phenoxy) is 3. The molecule has 7 nitrogen and oxygen atoms in total. The molecule has 1 N–H and O–H groups in total. The molecule has 0 aromatic carbocycles. The molecule has 1 aliphatic rings. The Hall–Kier alpha value is -0.840. The molecule has 1 saturated carbocycles. The van der Waals surface area contributed by atoms with E-state index in [0.717, 1.165) is 6.42 Å². The van der Waals surface area contributed by atoms with Gasteiger partial charge in [-0.15, -0.1) is 0 Å². The van der Waals surface area contributed by atoms with Crippen LogP contribution in [0.1, 0.15) is 32.6 Å². The van der Waals surface area contributed by atoms with Gasteiger partial charge < -0.3 is 14.2 Å². The zero-order valence-electron chi connectivity index (χ0n) is 11.7. The van der Waals surface area contributed by atoms with E-state index < -0.39 is 33.0 Å². The molecule has 0 amide bonds. The highest BCUT2D eigenvalue weighted by molar-refractivity contribution is 7.87. The molecule has 2 unspecified atom stereocenters. The Morgan fingerprint density at radius 1 is 1.43 bits per heavy atom. The molecule has 10 heteroatoms. The monoisotopic (exact) mass is 332 g/mol. The second-order valence-corrected chi connectivity index (χ2v) is 6.46. The summed E-state index contributed by atoms with van der Waals surface area (Å²) in [6.07, 6.45) is 0.977. The Bertz CT molecular complexity index is 479. The topological polar surface area (TPSA) is 99.1 Å². The number of hydrogen-bond acceptors (Lipinski definition) is 6. The third kappa shape index (κ3) is 4.09. The van der Waals surface area contributed by atoms with Crippen LogP contribution in [0.5, 0.6) is 0 Å². The highest BCUT2D eigenvalue weighted by Gasteiger charge is 2.56. The van der Waals surface area contributed by atoms with Crippen molar-refractivity contribution in [3.63, 3.8) is 0 Å². The van der Waals surface area contributed by atoms with E-state index in [2.05, 4.69) is 4.74 Å². The first-order valence-corrected chi connectivity index (χ1v) is 7.67. The van der Waals surface area contributed by atoms with Gasteiger partial charge in [0.2, 0.25) is 0 Å². The fraction of sp³-hybridized carbons (Fsp3) is 0.909. The first-order valence-electron chi connectivity index (χ1n) is 6.23. The molecule has 0 bridgehead atoms. The van der Waals surface area contributed by atoms with Crippen LogP contribution >= 0.6 is 0 Å². The largest absolute Gasteiger partial charge is 0.465 e. The van der Waals surface area contributed by atoms with Crippen LogP contribution in [0.25, 0.3) is 0 Å². The van der Waals surface area contributed by atoms with Crippen LogP contribution in [0.4, 0.5) is 8.78 Å². The van der Waals surface area contributed by atoms with Crippen molar-refractivity contribution in [1.82, 2.24) is 0 Å². The Balaban J connectivity index is 2.85. The lowest BCUT2D eigenvalue weighted by atomic mass is 9.83. The minimum atomic E-state index is -5.88. The summed E-state index contributed by atoms with van der Waals surface area (Å²) in [5, 5.41) is -5.01. The van der Waals surface area contributed by atoms with Crippen LogP contribution < -0.4 is 0 Å². The van der Waals surface area contributed by atoms with E-state index in [1.165, 1.54) is 7.11 Å². The van der Waals surface area contributed by atoms with Crippen molar-refractivity contribution < 1.29 is 40.8 Å². The van der Waals surface area contributed by atoms with Gasteiger partial charge in [-0.05, 0) is 26.2 Å². The summed E-state index contributed by atoms with van der Waals surface area (Å²) in [5.41, 5.74) is -1.06. The number of carbonyl (C=O) groups excluding carboxylic acids is 1. The molecule has 0 aromatic heterocycles. The summed E-state index contributed by atoms with van der Waals surface area (Å²) >= 11 is 0. The van der Waals surface area contributed by atoms with Gasteiger partial charge in [0.15, 0.2) is 0 Å². The minimum absolute atomic E-state index is 0.126. The molecule has 124 valence electrons. The highest BCUT2D eigenvalue weighted by atomic mass is 32.2. The van der Waals surface area contributed by atoms with E-state index in [1.807, 2.05) is 0 Å². The number of methoxy groups -OCH3 is 1. The zero-order chi connectivity index (χ0) is 16.3. The predicted molar refractivity (Wildman–Crippen MR) is 66.2 cm³/mol. The zero-order valence-corrected chi connectivity index (χ0v) is 12.5. The molecule has 1 aliphatic carbocycles. The minimum Gasteiger partial charge on any atom is -0.454 e. The van der Waals surface area contributed by atoms with Crippen molar-refractivity contribution in [2.24, 2.45) is 0 Å². The first kappa shape index (κ1) is 18.2. The highest BCUT2D eigenvalue weighted by Crippen LogP contribution is 2.35. The Kier molecular flexibility index (Phi) is 5.64. The maximum absolute atomic E-state index is 13.2. The summed E-state index contributed by atoms with van der Waals surface area (Å²) in [6, 6.07) is 0. The van der Waals surface area contributed by atoms with Gasteiger partial charge in [0, 0.05) is 7.11 Å². The third-order valence-corrected chi connectivity index (χ3v) is 4.20. The van der Waals surface area contributed by atoms with Crippen LogP contribution in [0.3, 0.4) is 0 Å². The van der Waals surface area contributed by atoms with Gasteiger partial charge in [-0.1, -0.05) is 6.42 Å². The fourth-order valence-electron chi connectivity index (χ4n) is 2.12. The average molecular weight is 332 g/mol. The molecule has 0 heterocycles. The molecule has 0 saturated heterocycles. The number of esters is 1. The SMILES string of the molecule is COCOC1(C)CCCCC1OC(=O)C(F)(F)S(=O)(=O)O. The summed E-state index contributed by atoms with van der Waals surface area (Å²) in [7, 11) is -4.51. The van der Waals surface area contributed by atoms with Gasteiger partial charge in [-0.2, -0.15) is 17.2 Å². The van der Waals surface area contributed by atoms with E-state index in [9.17, 15) is 22.0 Å². The number of rotatable bonds is 6. The lowest BCUT2D eigenvalue weighted by molar-refractivity contribution is -0.210. The third-order valence-electron chi connectivity index (χ3n) is 3.39. The molecule has 2 atom stereocenters. The molecule has 0 spiro atoms. The molecule has 0 radical (unpaired) electrons. The van der Waals surface area contributed by atoms with Crippen molar-refractivity contribution in [2.75, 3.05) is 13.9 Å². The van der Waals surface area contributed by atoms with E-state index in [0.29, 0.717) is 12.8 Å². The van der Waals surface area contributed by atoms with E-state index >= 15 is 0 Å². The Morgan fingerprint density at radius 3 is 2.57 bits per heavy atom. The first-order chi connectivity index (χ1) is 9.54. The van der Waals surface area contributed by atoms with Crippen LogP contribution in [-0.2, 0) is 29.1 Å². The second-order valence-electron chi connectivity index (χ2n) is 5.00. The number of halogens is 2. The van der Waals surface area contributed by atoms with Crippen molar-refractivity contribution in [3.05, 3.63) is 0 Å². The maximum Gasteiger partial charge on any atom is 0.465 e. The van der Waals surface area contributed by atoms with E-state index in [1.54, 1.807) is 6.92 Å². The van der Waals surface area contributed by atoms with Crippen molar-refractivity contribution in [2.45, 2.75) is 49.6 Å². The van der Waals surface area contributed by atoms with Crippen LogP contribution in [-0.4, -0.2) is 49.8 Å². The Morgan fingerprint density at radius 2 is 2.05 bits per heavy atom. The summed E-state index contributed by atoms with van der Waals surface area (Å²) < 4.78 is 70.5. The lowest BCUT2D eigenvalue weighted by Gasteiger charge is -2.40. The number of hydrogen-bond donors (Lipinski definition) is 1. The smallest absolute Gasteiger partial charge is 0.454 e. The molecule has 0 aromatic rings. The Labute approximate surface area is 121 Å². The molecule has 0 aliphatic heterocycles. The van der Waals surface area contributed by atoms with Gasteiger partial charge in [0.05, 0.1) is 0 Å². The molecular formula is C11H18F2O7S. The molecule has 1 rings (SSSR count). The van der Waals surface area contributed by atoms with Crippen molar-refractivity contribution in [1.29, 1.82) is 0 Å². The quantitative estimate of drug-likeness (QED) is 0.445. The van der Waals surface area contributed by atoms with Gasteiger partial charge in [-0.25, -0.2) is 4.79 Å². The van der Waals surface area contributed by atoms with E-state index in [-0.39, 0.29) is 13.2 Å². The number of carbonyl (C=O) groups is 1. The number of alkyl halides is 2. The molecule has 1 fully saturated rings. The van der Waals surface area contributed by atoms with Gasteiger partial charge in [-0.3, -0.25) is 4.55 Å². The maximum atomic E-state index is 13.2. The van der Waals surface area contributed by atoms with Crippen molar-refractivity contribution >= 4 is 16.1 Å². The average Bonchev–Trinajstić information content (AvgIpc) is 2.38. The molecule has 21 heavy (non-hydrogen) atoms. The second kappa shape index (κ2) is 6.51. The lowest BCUT2D eigenvalue weighted by Crippen LogP contribution is -2.50. The van der Waals surface area contributed by atoms with Gasteiger partial charge in [0.25, 0.3) is 0 Å². The van der Waals surface area contributed by atoms with Crippen LogP contribution in [0.2, 0.25) is 0 Å². The van der Waals surface area contributed by atoms with Crippen LogP contribution in [0.15, 0.2) is 0 Å². The summed E-state index contributed by atoms with van der Waals surface area (Å²) in [6.45, 7) is 1.44. The van der Waals surface area contributed by atoms with E-state index in [4.69, 9.17) is 14.0 Å². The molecular weight excluding hydrogens is 314 g/mol. The van der Waals surface area contributed by atoms with Crippen LogP contribution in [0, 0.1) is 0 Å². The van der Waals surface area contributed by atoms with Gasteiger partial charge in [0.1, 0.15) is 18.5 Å². The standard InChI is InChI=1S/C11H18F2O7S/c1-10(19-7-18-2)6-4-3-5-8(10)20-9(14)11(12,13)21(15,16)17/h8H,3-7H2,1-2H3,(H,15,16,17). The van der Waals surface area contributed by atoms with Crippen molar-refractivity contribution in [3.8, 4) is 0 Å². The summed E-state index contributed by atoms with van der Waals surface area (Å²) in [4.78, 5) is 11.3. The van der Waals surface area contributed by atoms with Gasteiger partial charge >= 0.3 is 21.3 Å².